The highest BCUT2D eigenvalue weighted by molar-refractivity contribution is 8.00. The fraction of sp³-hybridized carbons (Fsp3) is 0.171. The number of hydrogen-bond donors (Lipinski definition) is 3. The smallest absolute Gasteiger partial charge is 0.272 e. The number of nitrogens with one attached hydrogen (secondary N) is 3. The standard InChI is InChI=1S/C41H36N4O5S2/c1-49-31-18-16-29(36(23-31)50-2)20-35(44-39(47)27-12-7-4-8-13-27)40(48)43-30-14-9-15-32(22-30)51-25-38(46)45-41-34(24-42)33-19-17-28(21-37(33)52-41)26-10-5-3-6-11-26/h3-16,18,20,22-23,28H,17,19,21,25H2,1-2H3,(H,43,48)(H,44,47)(H,45,46)/b35-20+. The van der Waals surface area contributed by atoms with Crippen LogP contribution in [-0.2, 0) is 22.4 Å². The fourth-order valence-electron chi connectivity index (χ4n) is 6.01. The maximum Gasteiger partial charge on any atom is 0.272 e. The van der Waals surface area contributed by atoms with Gasteiger partial charge in [-0.15, -0.1) is 23.1 Å². The molecule has 5 aromatic rings. The summed E-state index contributed by atoms with van der Waals surface area (Å²) in [6.07, 6.45) is 4.15. The number of carbonyl (C=O) groups is 3. The van der Waals surface area contributed by atoms with E-state index in [1.54, 1.807) is 73.8 Å². The van der Waals surface area contributed by atoms with Crippen molar-refractivity contribution in [1.82, 2.24) is 5.32 Å². The molecular weight excluding hydrogens is 693 g/mol. The molecule has 0 radical (unpaired) electrons. The Morgan fingerprint density at radius 3 is 2.42 bits per heavy atom. The minimum atomic E-state index is -0.553. The number of amides is 3. The Hall–Kier alpha value is -5.83. The first-order valence-corrected chi connectivity index (χ1v) is 18.4. The Labute approximate surface area is 310 Å². The molecule has 4 aromatic carbocycles. The van der Waals surface area contributed by atoms with E-state index in [1.807, 2.05) is 12.1 Å². The summed E-state index contributed by atoms with van der Waals surface area (Å²) in [6.45, 7) is 0. The van der Waals surface area contributed by atoms with Gasteiger partial charge < -0.3 is 25.4 Å². The van der Waals surface area contributed by atoms with Crippen molar-refractivity contribution in [3.63, 3.8) is 0 Å². The Bertz CT molecular complexity index is 2160. The van der Waals surface area contributed by atoms with Crippen LogP contribution in [0.4, 0.5) is 10.7 Å². The molecule has 0 aliphatic heterocycles. The average Bonchev–Trinajstić information content (AvgIpc) is 3.53. The van der Waals surface area contributed by atoms with Gasteiger partial charge in [0.05, 0.1) is 25.5 Å². The molecule has 9 nitrogen and oxygen atoms in total. The summed E-state index contributed by atoms with van der Waals surface area (Å²) in [5.41, 5.74) is 4.32. The van der Waals surface area contributed by atoms with Crippen molar-refractivity contribution in [2.24, 2.45) is 0 Å². The SMILES string of the molecule is COc1ccc(/C=C(/NC(=O)c2ccccc2)C(=O)Nc2cccc(SCC(=O)Nc3sc4c(c3C#N)CCC(c3ccccc3)C4)c2)c(OC)c1. The summed E-state index contributed by atoms with van der Waals surface area (Å²) < 4.78 is 10.8. The molecular formula is C41H36N4O5S2. The largest absolute Gasteiger partial charge is 0.497 e. The Kier molecular flexibility index (Phi) is 11.7. The van der Waals surface area contributed by atoms with Crippen LogP contribution >= 0.6 is 23.1 Å². The zero-order chi connectivity index (χ0) is 36.5. The predicted molar refractivity (Wildman–Crippen MR) is 206 cm³/mol. The Balaban J connectivity index is 1.13. The van der Waals surface area contributed by atoms with Gasteiger partial charge in [-0.2, -0.15) is 5.26 Å². The lowest BCUT2D eigenvalue weighted by molar-refractivity contribution is -0.114. The molecule has 1 unspecified atom stereocenters. The van der Waals surface area contributed by atoms with E-state index in [0.717, 1.165) is 34.6 Å². The van der Waals surface area contributed by atoms with Gasteiger partial charge in [0, 0.05) is 32.7 Å². The molecule has 0 saturated heterocycles. The number of carbonyl (C=O) groups excluding carboxylic acids is 3. The van der Waals surface area contributed by atoms with Crippen LogP contribution in [0.5, 0.6) is 11.5 Å². The van der Waals surface area contributed by atoms with E-state index in [4.69, 9.17) is 9.47 Å². The van der Waals surface area contributed by atoms with Crippen molar-refractivity contribution in [2.45, 2.75) is 30.1 Å². The second-order valence-electron chi connectivity index (χ2n) is 12.0. The molecule has 0 spiro atoms. The number of benzene rings is 4. The third kappa shape index (κ3) is 8.72. The summed E-state index contributed by atoms with van der Waals surface area (Å²) in [6, 6.07) is 33.6. The molecule has 0 saturated carbocycles. The lowest BCUT2D eigenvalue weighted by atomic mass is 9.83. The number of methoxy groups -OCH3 is 2. The maximum atomic E-state index is 13.7. The third-order valence-corrected chi connectivity index (χ3v) is 10.8. The average molecular weight is 729 g/mol. The number of ether oxygens (including phenoxy) is 2. The van der Waals surface area contributed by atoms with Crippen LogP contribution in [0.15, 0.2) is 114 Å². The van der Waals surface area contributed by atoms with Crippen LogP contribution in [-0.4, -0.2) is 37.7 Å². The summed E-state index contributed by atoms with van der Waals surface area (Å²) in [5, 5.41) is 19.2. The van der Waals surface area contributed by atoms with Gasteiger partial charge in [0.25, 0.3) is 11.8 Å². The quantitative estimate of drug-likeness (QED) is 0.0876. The normalized spacial score (nSPS) is 13.6. The monoisotopic (exact) mass is 728 g/mol. The highest BCUT2D eigenvalue weighted by Gasteiger charge is 2.27. The van der Waals surface area contributed by atoms with Gasteiger partial charge in [-0.05, 0) is 84.8 Å². The molecule has 1 aromatic heterocycles. The first-order valence-electron chi connectivity index (χ1n) is 16.6. The van der Waals surface area contributed by atoms with E-state index in [0.29, 0.717) is 44.8 Å². The van der Waals surface area contributed by atoms with Crippen molar-refractivity contribution in [2.75, 3.05) is 30.6 Å². The number of thioether (sulfide) groups is 1. The van der Waals surface area contributed by atoms with E-state index in [2.05, 4.69) is 46.3 Å². The molecule has 0 fully saturated rings. The molecule has 11 heteroatoms. The fourth-order valence-corrected chi connectivity index (χ4v) is 8.06. The van der Waals surface area contributed by atoms with E-state index in [1.165, 1.54) is 41.8 Å². The van der Waals surface area contributed by atoms with Crippen LogP contribution in [0.2, 0.25) is 0 Å². The van der Waals surface area contributed by atoms with E-state index in [9.17, 15) is 19.6 Å². The number of rotatable bonds is 12. The number of anilines is 2. The van der Waals surface area contributed by atoms with Gasteiger partial charge in [-0.25, -0.2) is 0 Å². The molecule has 1 aliphatic carbocycles. The molecule has 3 N–H and O–H groups in total. The van der Waals surface area contributed by atoms with Crippen LogP contribution in [0.3, 0.4) is 0 Å². The van der Waals surface area contributed by atoms with Crippen molar-refractivity contribution in [3.8, 4) is 17.6 Å². The van der Waals surface area contributed by atoms with Crippen LogP contribution < -0.4 is 25.4 Å². The van der Waals surface area contributed by atoms with Gasteiger partial charge in [0.15, 0.2) is 0 Å². The molecule has 1 atom stereocenters. The van der Waals surface area contributed by atoms with Gasteiger partial charge in [0.2, 0.25) is 5.91 Å². The number of thiophene rings is 1. The molecule has 3 amide bonds. The lowest BCUT2D eigenvalue weighted by Crippen LogP contribution is -2.30. The second-order valence-corrected chi connectivity index (χ2v) is 14.1. The third-order valence-electron chi connectivity index (χ3n) is 8.63. The van der Waals surface area contributed by atoms with Gasteiger partial charge in [0.1, 0.15) is 28.3 Å². The van der Waals surface area contributed by atoms with Gasteiger partial charge >= 0.3 is 0 Å². The summed E-state index contributed by atoms with van der Waals surface area (Å²) in [5.74, 6) is 0.297. The Morgan fingerprint density at radius 1 is 0.923 bits per heavy atom. The zero-order valence-electron chi connectivity index (χ0n) is 28.6. The number of nitriles is 1. The summed E-state index contributed by atoms with van der Waals surface area (Å²) in [4.78, 5) is 41.8. The highest BCUT2D eigenvalue weighted by atomic mass is 32.2. The Morgan fingerprint density at radius 2 is 1.69 bits per heavy atom. The highest BCUT2D eigenvalue weighted by Crippen LogP contribution is 2.42. The predicted octanol–water partition coefficient (Wildman–Crippen LogP) is 8.05. The van der Waals surface area contributed by atoms with E-state index < -0.39 is 11.8 Å². The molecule has 1 aliphatic rings. The lowest BCUT2D eigenvalue weighted by Gasteiger charge is -2.22. The van der Waals surface area contributed by atoms with E-state index in [-0.39, 0.29) is 17.4 Å². The molecule has 0 bridgehead atoms. The molecule has 262 valence electrons. The molecule has 52 heavy (non-hydrogen) atoms. The van der Waals surface area contributed by atoms with Gasteiger partial charge in [-0.1, -0.05) is 54.6 Å². The van der Waals surface area contributed by atoms with Crippen LogP contribution in [0.25, 0.3) is 6.08 Å². The summed E-state index contributed by atoms with van der Waals surface area (Å²) >= 11 is 2.80. The first-order chi connectivity index (χ1) is 25.3. The van der Waals surface area contributed by atoms with Crippen molar-refractivity contribution in [1.29, 1.82) is 5.26 Å². The minimum absolute atomic E-state index is 0.00298. The van der Waals surface area contributed by atoms with Crippen molar-refractivity contribution in [3.05, 3.63) is 142 Å². The van der Waals surface area contributed by atoms with Crippen molar-refractivity contribution < 1.29 is 23.9 Å². The topological polar surface area (TPSA) is 130 Å². The molecule has 6 rings (SSSR count). The van der Waals surface area contributed by atoms with Gasteiger partial charge in [-0.3, -0.25) is 14.4 Å². The maximum absolute atomic E-state index is 13.7. The van der Waals surface area contributed by atoms with Crippen LogP contribution in [0.1, 0.15) is 49.8 Å². The first kappa shape index (κ1) is 36.0. The number of nitrogens with zero attached hydrogens (tertiary/aromatic N) is 1. The zero-order valence-corrected chi connectivity index (χ0v) is 30.2. The van der Waals surface area contributed by atoms with Crippen LogP contribution in [0, 0.1) is 11.3 Å². The molecule has 1 heterocycles. The van der Waals surface area contributed by atoms with E-state index >= 15 is 0 Å². The van der Waals surface area contributed by atoms with Crippen molar-refractivity contribution >= 4 is 57.6 Å². The summed E-state index contributed by atoms with van der Waals surface area (Å²) in [7, 11) is 3.05. The number of fused-ring (bicyclic) bond motifs is 1. The second kappa shape index (κ2) is 16.9. The minimum Gasteiger partial charge on any atom is -0.497 e. The number of hydrogen-bond acceptors (Lipinski definition) is 8.